The molecular formula is C51H53ClF6N6O5S3. The number of hydrogen-bond acceptors (Lipinski definition) is 10. The first-order valence-electron chi connectivity index (χ1n) is 23.1. The molecule has 0 aliphatic carbocycles. The van der Waals surface area contributed by atoms with Gasteiger partial charge in [-0.3, -0.25) is 4.72 Å². The van der Waals surface area contributed by atoms with Crippen LogP contribution in [0.25, 0.3) is 22.4 Å². The number of piperazine rings is 1. The third kappa shape index (κ3) is 12.0. The Bertz CT molecular complexity index is 3070. The van der Waals surface area contributed by atoms with E-state index in [0.29, 0.717) is 98.7 Å². The number of nitrogens with one attached hydrogen (secondary N) is 2. The summed E-state index contributed by atoms with van der Waals surface area (Å²) < 4.78 is 145. The zero-order valence-electron chi connectivity index (χ0n) is 39.2. The van der Waals surface area contributed by atoms with Crippen LogP contribution >= 0.6 is 23.4 Å². The van der Waals surface area contributed by atoms with Gasteiger partial charge in [0.1, 0.15) is 4.90 Å². The number of piperidine rings is 1. The standard InChI is InChI=1S/C51H53ClF6N6O5S3/c1-34-48(50(53,54)55)47(49(61(34)2)35-11-13-37(52)14-12-35)36-7-6-8-41(31-36)64-29-27-63(28-30-64)40-17-15-38(16-18-40)60-72(68,69)44-19-20-45(46(32-44)71(66,67)51(56,57)58)59-39(33-70-43-9-4-3-5-10-43)21-24-62-25-22-42(65)23-26-62/h3-20,31-32,39,42,59-60,65H,21-30,33H2,1-2H3/t39-/m1/s1. The number of sulfone groups is 1. The number of nitrogens with zero attached hydrogens (tertiary/aromatic N) is 4. The van der Waals surface area contributed by atoms with Crippen molar-refractivity contribution in [1.82, 2.24) is 9.47 Å². The average Bonchev–Trinajstić information content (AvgIpc) is 3.63. The number of aromatic nitrogens is 1. The molecule has 5 aromatic carbocycles. The van der Waals surface area contributed by atoms with Crippen molar-refractivity contribution in [2.75, 3.05) is 71.4 Å². The molecule has 2 fully saturated rings. The fourth-order valence-corrected chi connectivity index (χ4v) is 12.4. The van der Waals surface area contributed by atoms with Gasteiger partial charge in [-0.2, -0.15) is 26.3 Å². The highest BCUT2D eigenvalue weighted by Crippen LogP contribution is 2.47. The predicted octanol–water partition coefficient (Wildman–Crippen LogP) is 11.2. The Balaban J connectivity index is 0.964. The van der Waals surface area contributed by atoms with E-state index in [9.17, 15) is 48.3 Å². The number of benzene rings is 5. The van der Waals surface area contributed by atoms with Crippen LogP contribution in [0.2, 0.25) is 5.02 Å². The predicted molar refractivity (Wildman–Crippen MR) is 273 cm³/mol. The number of hydrogen-bond donors (Lipinski definition) is 3. The summed E-state index contributed by atoms with van der Waals surface area (Å²) in [4.78, 5) is 5.25. The lowest BCUT2D eigenvalue weighted by atomic mass is 9.96. The maximum atomic E-state index is 14.7. The minimum Gasteiger partial charge on any atom is -0.393 e. The molecule has 2 saturated heterocycles. The van der Waals surface area contributed by atoms with Crippen molar-refractivity contribution in [3.05, 3.63) is 138 Å². The van der Waals surface area contributed by atoms with Crippen LogP contribution in [-0.4, -0.2) is 101 Å². The average molecular weight is 1080 g/mol. The van der Waals surface area contributed by atoms with Crippen molar-refractivity contribution >= 4 is 66.0 Å². The maximum absolute atomic E-state index is 14.7. The van der Waals surface area contributed by atoms with E-state index < -0.39 is 59.0 Å². The molecule has 72 heavy (non-hydrogen) atoms. The molecule has 0 spiro atoms. The number of thioether (sulfide) groups is 1. The summed E-state index contributed by atoms with van der Waals surface area (Å²) in [6.07, 6.45) is -3.44. The number of alkyl halides is 6. The number of sulfonamides is 1. The summed E-state index contributed by atoms with van der Waals surface area (Å²) in [7, 11) is -9.06. The lowest BCUT2D eigenvalue weighted by Crippen LogP contribution is -2.46. The Morgan fingerprint density at radius 3 is 2.01 bits per heavy atom. The fraction of sp³-hybridized carbons (Fsp3) is 0.333. The Morgan fingerprint density at radius 2 is 1.39 bits per heavy atom. The second-order valence-electron chi connectivity index (χ2n) is 17.9. The number of aliphatic hydroxyl groups is 1. The van der Waals surface area contributed by atoms with Crippen molar-refractivity contribution in [2.45, 2.75) is 64.7 Å². The van der Waals surface area contributed by atoms with Crippen molar-refractivity contribution < 1.29 is 48.3 Å². The van der Waals surface area contributed by atoms with E-state index in [1.807, 2.05) is 36.4 Å². The number of aliphatic hydroxyl groups excluding tert-OH is 1. The van der Waals surface area contributed by atoms with Crippen LogP contribution < -0.4 is 19.8 Å². The Morgan fingerprint density at radius 1 is 0.750 bits per heavy atom. The van der Waals surface area contributed by atoms with Gasteiger partial charge in [-0.05, 0) is 116 Å². The number of rotatable bonds is 16. The van der Waals surface area contributed by atoms with Crippen molar-refractivity contribution in [1.29, 1.82) is 0 Å². The quantitative estimate of drug-likeness (QED) is 0.0637. The van der Waals surface area contributed by atoms with Gasteiger partial charge in [0.05, 0.1) is 27.9 Å². The van der Waals surface area contributed by atoms with Gasteiger partial charge in [0.15, 0.2) is 0 Å². The lowest BCUT2D eigenvalue weighted by Gasteiger charge is -2.37. The van der Waals surface area contributed by atoms with Gasteiger partial charge in [-0.15, -0.1) is 11.8 Å². The van der Waals surface area contributed by atoms with Crippen LogP contribution in [0.5, 0.6) is 0 Å². The first-order valence-corrected chi connectivity index (χ1v) is 27.5. The topological polar surface area (TPSA) is 127 Å². The second-order valence-corrected chi connectivity index (χ2v) is 23.0. The molecule has 0 saturated carbocycles. The van der Waals surface area contributed by atoms with Crippen LogP contribution in [-0.2, 0) is 33.1 Å². The molecule has 0 amide bonds. The molecule has 0 unspecified atom stereocenters. The van der Waals surface area contributed by atoms with Gasteiger partial charge >= 0.3 is 11.7 Å². The maximum Gasteiger partial charge on any atom is 0.501 e. The summed E-state index contributed by atoms with van der Waals surface area (Å²) >= 11 is 7.56. The van der Waals surface area contributed by atoms with Crippen LogP contribution in [0.4, 0.5) is 49.1 Å². The van der Waals surface area contributed by atoms with Gasteiger partial charge in [0.25, 0.3) is 19.9 Å². The molecule has 8 rings (SSSR count). The van der Waals surface area contributed by atoms with Crippen LogP contribution in [0.15, 0.2) is 136 Å². The van der Waals surface area contributed by atoms with Gasteiger partial charge in [0.2, 0.25) is 0 Å². The van der Waals surface area contributed by atoms with Gasteiger partial charge < -0.3 is 29.7 Å². The van der Waals surface area contributed by atoms with Crippen LogP contribution in [0.3, 0.4) is 0 Å². The summed E-state index contributed by atoms with van der Waals surface area (Å²) in [5.74, 6) is 0.351. The molecule has 3 heterocycles. The second kappa shape index (κ2) is 21.6. The van der Waals surface area contributed by atoms with Gasteiger partial charge in [0, 0.05) is 103 Å². The minimum absolute atomic E-state index is 0.0714. The Hall–Kier alpha value is -5.38. The van der Waals surface area contributed by atoms with E-state index >= 15 is 0 Å². The lowest BCUT2D eigenvalue weighted by molar-refractivity contribution is -0.137. The van der Waals surface area contributed by atoms with Gasteiger partial charge in [-0.1, -0.05) is 54.1 Å². The molecule has 6 aromatic rings. The number of halogens is 7. The molecule has 0 radical (unpaired) electrons. The van der Waals surface area contributed by atoms with E-state index in [4.69, 9.17) is 11.6 Å². The van der Waals surface area contributed by atoms with Crippen LogP contribution in [0.1, 0.15) is 30.5 Å². The molecule has 3 N–H and O–H groups in total. The summed E-state index contributed by atoms with van der Waals surface area (Å²) in [5, 5.41) is 13.4. The Labute approximate surface area is 424 Å². The molecule has 2 aliphatic heterocycles. The first kappa shape index (κ1) is 52.9. The van der Waals surface area contributed by atoms with Crippen molar-refractivity contribution in [3.8, 4) is 22.4 Å². The largest absolute Gasteiger partial charge is 0.501 e. The molecule has 1 aromatic heterocycles. The summed E-state index contributed by atoms with van der Waals surface area (Å²) in [6.45, 7) is 5.28. The highest BCUT2D eigenvalue weighted by atomic mass is 35.5. The van der Waals surface area contributed by atoms with E-state index in [1.54, 1.807) is 66.2 Å². The molecule has 384 valence electrons. The third-order valence-corrected chi connectivity index (χ3v) is 17.4. The zero-order chi connectivity index (χ0) is 51.6. The number of anilines is 4. The molecular weight excluding hydrogens is 1020 g/mol. The highest BCUT2D eigenvalue weighted by Gasteiger charge is 2.48. The molecule has 1 atom stereocenters. The molecule has 0 bridgehead atoms. The van der Waals surface area contributed by atoms with Gasteiger partial charge in [-0.25, -0.2) is 16.8 Å². The fourth-order valence-electron chi connectivity index (χ4n) is 9.16. The SMILES string of the molecule is Cc1c(C(F)(F)F)c(-c2cccc(N3CCN(c4ccc(NS(=O)(=O)c5ccc(N[C@H](CCN6CCC(O)CC6)CSc6ccccc6)c(S(=O)(=O)C(F)(F)F)c5)cc4)CC3)c2)c(-c2ccc(Cl)cc2)n1C. The normalized spacial score (nSPS) is 16.0. The van der Waals surface area contributed by atoms with E-state index in [1.165, 1.54) is 30.8 Å². The molecule has 21 heteroatoms. The van der Waals surface area contributed by atoms with E-state index in [0.717, 1.165) is 28.4 Å². The monoisotopic (exact) mass is 1070 g/mol. The smallest absolute Gasteiger partial charge is 0.393 e. The minimum atomic E-state index is -6.05. The zero-order valence-corrected chi connectivity index (χ0v) is 42.4. The van der Waals surface area contributed by atoms with Crippen LogP contribution in [0, 0.1) is 6.92 Å². The summed E-state index contributed by atoms with van der Waals surface area (Å²) in [5.41, 5.74) is -3.74. The van der Waals surface area contributed by atoms with Crippen molar-refractivity contribution in [3.63, 3.8) is 0 Å². The molecule has 11 nitrogen and oxygen atoms in total. The summed E-state index contributed by atoms with van der Waals surface area (Å²) in [6, 6.07) is 31.4. The van der Waals surface area contributed by atoms with E-state index in [-0.39, 0.29) is 22.6 Å². The van der Waals surface area contributed by atoms with Crippen molar-refractivity contribution in [2.24, 2.45) is 7.05 Å². The number of likely N-dealkylation sites (tertiary alicyclic amines) is 1. The van der Waals surface area contributed by atoms with E-state index in [2.05, 4.69) is 24.7 Å². The molecule has 2 aliphatic rings. The first-order chi connectivity index (χ1) is 34.1. The Kier molecular flexibility index (Phi) is 15.9. The third-order valence-electron chi connectivity index (χ3n) is 13.1. The highest BCUT2D eigenvalue weighted by molar-refractivity contribution is 7.99.